The van der Waals surface area contributed by atoms with Gasteiger partial charge in [0.25, 0.3) is 11.8 Å². The normalized spacial score (nSPS) is 11.2. The maximum Gasteiger partial charge on any atom is 0.287 e. The van der Waals surface area contributed by atoms with Crippen LogP contribution in [0.1, 0.15) is 16.1 Å². The van der Waals surface area contributed by atoms with Gasteiger partial charge >= 0.3 is 0 Å². The van der Waals surface area contributed by atoms with E-state index in [1.54, 1.807) is 25.1 Å². The van der Waals surface area contributed by atoms with Crippen molar-refractivity contribution in [2.75, 3.05) is 13.1 Å². The van der Waals surface area contributed by atoms with Crippen LogP contribution in [0, 0.1) is 6.92 Å². The van der Waals surface area contributed by atoms with Gasteiger partial charge in [-0.1, -0.05) is 18.2 Å². The number of benzene rings is 1. The fourth-order valence-corrected chi connectivity index (χ4v) is 1.75. The predicted molar refractivity (Wildman–Crippen MR) is 74.5 cm³/mol. The van der Waals surface area contributed by atoms with E-state index in [0.717, 1.165) is 5.39 Å². The average Bonchev–Trinajstić information content (AvgIpc) is 2.74. The summed E-state index contributed by atoms with van der Waals surface area (Å²) in [7, 11) is 0. The summed E-state index contributed by atoms with van der Waals surface area (Å²) in [6.45, 7) is 0.0903. The van der Waals surface area contributed by atoms with Gasteiger partial charge in [-0.15, -0.1) is 12.4 Å². The molecule has 7 heteroatoms. The molecule has 3 N–H and O–H groups in total. The zero-order valence-corrected chi connectivity index (χ0v) is 11.6. The lowest BCUT2D eigenvalue weighted by Crippen LogP contribution is -2.41. The van der Waals surface area contributed by atoms with Gasteiger partial charge in [0.2, 0.25) is 0 Å². The molecule has 2 aromatic rings. The third-order valence-corrected chi connectivity index (χ3v) is 2.86. The first-order valence-electron chi connectivity index (χ1n) is 5.79. The lowest BCUT2D eigenvalue weighted by molar-refractivity contribution is 0.0116. The summed E-state index contributed by atoms with van der Waals surface area (Å²) in [5.41, 5.74) is 6.08. The number of furan rings is 1. The summed E-state index contributed by atoms with van der Waals surface area (Å²) in [6.07, 6.45) is 0. The van der Waals surface area contributed by atoms with Crippen molar-refractivity contribution >= 4 is 29.3 Å². The van der Waals surface area contributed by atoms with E-state index >= 15 is 0 Å². The summed E-state index contributed by atoms with van der Waals surface area (Å²) in [5, 5.41) is 2.92. The van der Waals surface area contributed by atoms with E-state index in [2.05, 4.69) is 5.32 Å². The highest BCUT2D eigenvalue weighted by atomic mass is 35.5. The van der Waals surface area contributed by atoms with Crippen LogP contribution in [-0.2, 0) is 0 Å². The van der Waals surface area contributed by atoms with Crippen LogP contribution in [0.3, 0.4) is 0 Å². The summed E-state index contributed by atoms with van der Waals surface area (Å²) < 4.78 is 31.3. The minimum Gasteiger partial charge on any atom is -0.451 e. The molecular weight excluding hydrogens is 290 g/mol. The van der Waals surface area contributed by atoms with Crippen LogP contribution < -0.4 is 11.1 Å². The molecule has 0 aliphatic rings. The Morgan fingerprint density at radius 3 is 2.65 bits per heavy atom. The van der Waals surface area contributed by atoms with E-state index in [1.165, 1.54) is 0 Å². The lowest BCUT2D eigenvalue weighted by atomic mass is 10.1. The Bertz CT molecular complexity index is 613. The highest BCUT2D eigenvalue weighted by Gasteiger charge is 2.28. The van der Waals surface area contributed by atoms with Crippen molar-refractivity contribution < 1.29 is 18.0 Å². The van der Waals surface area contributed by atoms with Crippen molar-refractivity contribution in [3.63, 3.8) is 0 Å². The topological polar surface area (TPSA) is 68.3 Å². The minimum absolute atomic E-state index is 0. The number of rotatable bonds is 4. The van der Waals surface area contributed by atoms with Crippen LogP contribution in [0.5, 0.6) is 0 Å². The minimum atomic E-state index is -3.12. The van der Waals surface area contributed by atoms with E-state index < -0.39 is 24.9 Å². The predicted octanol–water partition coefficient (Wildman–Crippen LogP) is 2.49. The molecule has 1 heterocycles. The highest BCUT2D eigenvalue weighted by molar-refractivity contribution is 5.98. The number of carbonyl (C=O) groups excluding carboxylic acids is 1. The van der Waals surface area contributed by atoms with E-state index in [-0.39, 0.29) is 18.2 Å². The van der Waals surface area contributed by atoms with Crippen molar-refractivity contribution in [3.8, 4) is 0 Å². The number of nitrogens with one attached hydrogen (secondary N) is 1. The molecule has 0 aliphatic carbocycles. The Morgan fingerprint density at radius 2 is 2.05 bits per heavy atom. The second-order valence-electron chi connectivity index (χ2n) is 4.30. The third kappa shape index (κ3) is 3.26. The fourth-order valence-electron chi connectivity index (χ4n) is 1.75. The van der Waals surface area contributed by atoms with E-state index in [9.17, 15) is 13.6 Å². The zero-order valence-electron chi connectivity index (χ0n) is 10.8. The molecule has 2 rings (SSSR count). The summed E-state index contributed by atoms with van der Waals surface area (Å²) in [6, 6.07) is 7.11. The Hall–Kier alpha value is -1.66. The average molecular weight is 305 g/mol. The number of alkyl halides is 2. The Labute approximate surface area is 120 Å². The monoisotopic (exact) mass is 304 g/mol. The first-order valence-corrected chi connectivity index (χ1v) is 5.79. The maximum atomic E-state index is 13.0. The number of halogens is 3. The van der Waals surface area contributed by atoms with E-state index in [1.807, 2.05) is 6.07 Å². The lowest BCUT2D eigenvalue weighted by Gasteiger charge is -2.13. The third-order valence-electron chi connectivity index (χ3n) is 2.86. The molecule has 0 saturated carbocycles. The molecule has 1 aromatic heterocycles. The Morgan fingerprint density at radius 1 is 1.40 bits per heavy atom. The number of fused-ring (bicyclic) bond motifs is 1. The molecule has 1 aromatic carbocycles. The van der Waals surface area contributed by atoms with Gasteiger partial charge in [-0.2, -0.15) is 0 Å². The van der Waals surface area contributed by atoms with Crippen molar-refractivity contribution in [2.24, 2.45) is 5.73 Å². The second kappa shape index (κ2) is 6.19. The van der Waals surface area contributed by atoms with Gasteiger partial charge in [-0.3, -0.25) is 4.79 Å². The zero-order chi connectivity index (χ0) is 14.0. The second-order valence-corrected chi connectivity index (χ2v) is 4.30. The molecule has 0 aliphatic heterocycles. The van der Waals surface area contributed by atoms with E-state index in [4.69, 9.17) is 10.2 Å². The molecule has 0 unspecified atom stereocenters. The number of amides is 1. The molecule has 0 saturated heterocycles. The first-order chi connectivity index (χ1) is 8.94. The van der Waals surface area contributed by atoms with Gasteiger partial charge in [0.1, 0.15) is 5.58 Å². The molecule has 4 nitrogen and oxygen atoms in total. The Kier molecular flexibility index (Phi) is 5.08. The first kappa shape index (κ1) is 16.4. The van der Waals surface area contributed by atoms with Gasteiger partial charge in [0, 0.05) is 10.9 Å². The summed E-state index contributed by atoms with van der Waals surface area (Å²) in [4.78, 5) is 11.8. The van der Waals surface area contributed by atoms with Gasteiger partial charge in [0.15, 0.2) is 5.76 Å². The van der Waals surface area contributed by atoms with Crippen molar-refractivity contribution in [2.45, 2.75) is 12.8 Å². The van der Waals surface area contributed by atoms with E-state index in [0.29, 0.717) is 11.1 Å². The van der Waals surface area contributed by atoms with Crippen LogP contribution >= 0.6 is 12.4 Å². The largest absolute Gasteiger partial charge is 0.451 e. The number of para-hydroxylation sites is 1. The van der Waals surface area contributed by atoms with Gasteiger partial charge < -0.3 is 15.5 Å². The molecule has 0 bridgehead atoms. The molecule has 0 fully saturated rings. The maximum absolute atomic E-state index is 13.0. The molecule has 1 amide bonds. The molecular formula is C13H15ClF2N2O2. The van der Waals surface area contributed by atoms with Crippen LogP contribution in [0.4, 0.5) is 8.78 Å². The molecule has 20 heavy (non-hydrogen) atoms. The number of carbonyl (C=O) groups is 1. The number of hydrogen-bond donors (Lipinski definition) is 2. The van der Waals surface area contributed by atoms with Gasteiger partial charge in [0.05, 0.1) is 13.1 Å². The quantitative estimate of drug-likeness (QED) is 0.912. The van der Waals surface area contributed by atoms with Crippen LogP contribution in [0.15, 0.2) is 28.7 Å². The molecule has 110 valence electrons. The molecule has 0 spiro atoms. The van der Waals surface area contributed by atoms with Crippen molar-refractivity contribution in [1.29, 1.82) is 0 Å². The fraction of sp³-hybridized carbons (Fsp3) is 0.308. The van der Waals surface area contributed by atoms with Crippen LogP contribution in [-0.4, -0.2) is 24.9 Å². The SMILES string of the molecule is Cc1c(C(=O)NCC(F)(F)CN)oc2ccccc12.Cl. The van der Waals surface area contributed by atoms with Gasteiger partial charge in [-0.25, -0.2) is 8.78 Å². The van der Waals surface area contributed by atoms with Crippen LogP contribution in [0.25, 0.3) is 11.0 Å². The smallest absolute Gasteiger partial charge is 0.287 e. The molecule has 0 radical (unpaired) electrons. The number of nitrogens with two attached hydrogens (primary N) is 1. The van der Waals surface area contributed by atoms with Crippen molar-refractivity contribution in [3.05, 3.63) is 35.6 Å². The number of aryl methyl sites for hydroxylation is 1. The summed E-state index contributed by atoms with van der Waals surface area (Å²) in [5.74, 6) is -3.73. The van der Waals surface area contributed by atoms with Gasteiger partial charge in [-0.05, 0) is 13.0 Å². The number of hydrogen-bond acceptors (Lipinski definition) is 3. The highest BCUT2D eigenvalue weighted by Crippen LogP contribution is 2.24. The van der Waals surface area contributed by atoms with Crippen LogP contribution in [0.2, 0.25) is 0 Å². The molecule has 0 atom stereocenters. The summed E-state index contributed by atoms with van der Waals surface area (Å²) >= 11 is 0. The standard InChI is InChI=1S/C13H14F2N2O2.ClH/c1-8-9-4-2-3-5-10(9)19-11(8)12(18)17-7-13(14,15)6-16;/h2-5H,6-7,16H2,1H3,(H,17,18);1H. The van der Waals surface area contributed by atoms with Crippen molar-refractivity contribution in [1.82, 2.24) is 5.32 Å². The Balaban J connectivity index is 0.00000200.